The minimum Gasteiger partial charge on any atom is -0.492 e. The Bertz CT molecular complexity index is 829. The molecule has 0 aromatic heterocycles. The van der Waals surface area contributed by atoms with Crippen molar-refractivity contribution in [3.8, 4) is 5.75 Å². The van der Waals surface area contributed by atoms with Gasteiger partial charge in [-0.15, -0.1) is 0 Å². The van der Waals surface area contributed by atoms with Gasteiger partial charge in [0, 0.05) is 0 Å². The largest absolute Gasteiger partial charge is 0.492 e. The summed E-state index contributed by atoms with van der Waals surface area (Å²) in [5, 5.41) is 4.43. The molecule has 23 heavy (non-hydrogen) atoms. The van der Waals surface area contributed by atoms with Gasteiger partial charge >= 0.3 is 0 Å². The molecule has 0 saturated carbocycles. The Morgan fingerprint density at radius 2 is 1.91 bits per heavy atom. The Kier molecular flexibility index (Phi) is 5.36. The molecule has 0 saturated heterocycles. The average molecular weight is 335 g/mol. The zero-order valence-electron chi connectivity index (χ0n) is 12.4. The first kappa shape index (κ1) is 17.0. The molecule has 0 fully saturated rings. The van der Waals surface area contributed by atoms with Crippen LogP contribution in [0.25, 0.3) is 16.8 Å². The number of nitrogens with one attached hydrogen (secondary N) is 1. The molecule has 0 atom stereocenters. The van der Waals surface area contributed by atoms with Crippen molar-refractivity contribution in [3.05, 3.63) is 48.5 Å². The number of benzene rings is 2. The van der Waals surface area contributed by atoms with Crippen molar-refractivity contribution in [3.63, 3.8) is 0 Å². The fraction of sp³-hybridized carbons (Fsp3) is 0.188. The van der Waals surface area contributed by atoms with Crippen LogP contribution in [0.5, 0.6) is 5.75 Å². The second-order valence-corrected chi connectivity index (χ2v) is 6.35. The molecule has 0 aliphatic rings. The van der Waals surface area contributed by atoms with Gasteiger partial charge in [-0.1, -0.05) is 30.9 Å². The summed E-state index contributed by atoms with van der Waals surface area (Å²) in [5.74, 6) is -1.08. The second-order valence-electron chi connectivity index (χ2n) is 4.90. The lowest BCUT2D eigenvalue weighted by atomic mass is 10.1. The Balaban J connectivity index is 1.88. The van der Waals surface area contributed by atoms with Crippen molar-refractivity contribution in [1.82, 2.24) is 5.32 Å². The molecular formula is C16H17NO5S. The van der Waals surface area contributed by atoms with E-state index in [4.69, 9.17) is 9.29 Å². The van der Waals surface area contributed by atoms with Crippen molar-refractivity contribution in [2.75, 3.05) is 18.9 Å². The molecule has 0 unspecified atom stereocenters. The maximum atomic E-state index is 11.2. The molecule has 122 valence electrons. The van der Waals surface area contributed by atoms with Gasteiger partial charge in [-0.05, 0) is 34.5 Å². The molecule has 1 amide bonds. The van der Waals surface area contributed by atoms with Gasteiger partial charge in [-0.25, -0.2) is 0 Å². The van der Waals surface area contributed by atoms with E-state index in [1.54, 1.807) is 6.08 Å². The number of carbonyl (C=O) groups excluding carboxylic acids is 1. The molecule has 7 heteroatoms. The first-order valence-electron chi connectivity index (χ1n) is 6.88. The normalized spacial score (nSPS) is 11.2. The number of rotatable bonds is 7. The first-order valence-corrected chi connectivity index (χ1v) is 8.49. The summed E-state index contributed by atoms with van der Waals surface area (Å²) in [6, 6.07) is 11.6. The third kappa shape index (κ3) is 5.39. The predicted octanol–water partition coefficient (Wildman–Crippen LogP) is 1.87. The number of amides is 1. The second kappa shape index (κ2) is 7.26. The fourth-order valence-corrected chi connectivity index (χ4v) is 2.47. The maximum absolute atomic E-state index is 11.2. The number of hydrogen-bond donors (Lipinski definition) is 2. The van der Waals surface area contributed by atoms with E-state index in [2.05, 4.69) is 11.9 Å². The van der Waals surface area contributed by atoms with Crippen LogP contribution < -0.4 is 10.1 Å². The van der Waals surface area contributed by atoms with E-state index in [0.29, 0.717) is 5.75 Å². The van der Waals surface area contributed by atoms with Gasteiger partial charge in [-0.2, -0.15) is 8.42 Å². The van der Waals surface area contributed by atoms with Crippen LogP contribution in [0, 0.1) is 0 Å². The van der Waals surface area contributed by atoms with Gasteiger partial charge in [0.2, 0.25) is 5.91 Å². The molecule has 0 radical (unpaired) electrons. The van der Waals surface area contributed by atoms with E-state index >= 15 is 0 Å². The van der Waals surface area contributed by atoms with Gasteiger partial charge in [0.15, 0.2) is 5.75 Å². The van der Waals surface area contributed by atoms with Crippen LogP contribution in [-0.2, 0) is 14.9 Å². The molecular weight excluding hydrogens is 318 g/mol. The van der Waals surface area contributed by atoms with Gasteiger partial charge in [-0.3, -0.25) is 9.35 Å². The number of ether oxygens (including phenoxy) is 1. The van der Waals surface area contributed by atoms with Crippen LogP contribution in [0.1, 0.15) is 5.56 Å². The average Bonchev–Trinajstić information content (AvgIpc) is 2.49. The molecule has 0 spiro atoms. The Hall–Kier alpha value is -2.38. The zero-order valence-corrected chi connectivity index (χ0v) is 13.2. The summed E-state index contributed by atoms with van der Waals surface area (Å²) in [6.07, 6.45) is 1.78. The molecule has 0 aliphatic heterocycles. The van der Waals surface area contributed by atoms with Gasteiger partial charge in [0.25, 0.3) is 10.1 Å². The maximum Gasteiger partial charge on any atom is 0.274 e. The lowest BCUT2D eigenvalue weighted by molar-refractivity contribution is -0.118. The third-order valence-corrected chi connectivity index (χ3v) is 3.70. The monoisotopic (exact) mass is 335 g/mol. The summed E-state index contributed by atoms with van der Waals surface area (Å²) >= 11 is 0. The Morgan fingerprint density at radius 3 is 2.61 bits per heavy atom. The van der Waals surface area contributed by atoms with Crippen LogP contribution in [0.4, 0.5) is 0 Å². The van der Waals surface area contributed by atoms with Crippen LogP contribution >= 0.6 is 0 Å². The first-order chi connectivity index (χ1) is 10.9. The van der Waals surface area contributed by atoms with Crippen LogP contribution in [-0.4, -0.2) is 37.8 Å². The SMILES string of the molecule is C=Cc1ccc2cc(OCCNC(=O)CS(=O)(=O)O)ccc2c1. The van der Waals surface area contributed by atoms with E-state index in [1.165, 1.54) is 0 Å². The molecule has 0 aliphatic carbocycles. The topological polar surface area (TPSA) is 92.7 Å². The minimum absolute atomic E-state index is 0.141. The van der Waals surface area contributed by atoms with Gasteiger partial charge < -0.3 is 10.1 Å². The van der Waals surface area contributed by atoms with Crippen molar-refractivity contribution < 1.29 is 22.5 Å². The highest BCUT2D eigenvalue weighted by atomic mass is 32.2. The van der Waals surface area contributed by atoms with Crippen LogP contribution in [0.15, 0.2) is 43.0 Å². The number of carbonyl (C=O) groups is 1. The molecule has 0 bridgehead atoms. The lowest BCUT2D eigenvalue weighted by Gasteiger charge is -2.08. The molecule has 2 aromatic rings. The molecule has 6 nitrogen and oxygen atoms in total. The van der Waals surface area contributed by atoms with E-state index in [1.807, 2.05) is 36.4 Å². The summed E-state index contributed by atoms with van der Waals surface area (Å²) in [6.45, 7) is 4.06. The summed E-state index contributed by atoms with van der Waals surface area (Å²) < 4.78 is 35.1. The Labute approximate surface area is 134 Å². The van der Waals surface area contributed by atoms with Crippen molar-refractivity contribution in [2.24, 2.45) is 0 Å². The predicted molar refractivity (Wildman–Crippen MR) is 89.0 cm³/mol. The van der Waals surface area contributed by atoms with Crippen molar-refractivity contribution >= 4 is 32.9 Å². The van der Waals surface area contributed by atoms with E-state index in [0.717, 1.165) is 16.3 Å². The standard InChI is InChI=1S/C16H17NO5S/c1-2-12-3-4-14-10-15(6-5-13(14)9-12)22-8-7-17-16(18)11-23(19,20)21/h2-6,9-10H,1,7-8,11H2,(H,17,18)(H,19,20,21). The highest BCUT2D eigenvalue weighted by Crippen LogP contribution is 2.22. The van der Waals surface area contributed by atoms with Gasteiger partial charge in [0.05, 0.1) is 6.54 Å². The number of fused-ring (bicyclic) bond motifs is 1. The van der Waals surface area contributed by atoms with E-state index < -0.39 is 21.8 Å². The fourth-order valence-electron chi connectivity index (χ4n) is 2.04. The highest BCUT2D eigenvalue weighted by Gasteiger charge is 2.11. The third-order valence-electron chi connectivity index (χ3n) is 3.08. The molecule has 2 aromatic carbocycles. The van der Waals surface area contributed by atoms with Gasteiger partial charge in [0.1, 0.15) is 12.4 Å². The lowest BCUT2D eigenvalue weighted by Crippen LogP contribution is -2.33. The summed E-state index contributed by atoms with van der Waals surface area (Å²) in [4.78, 5) is 11.2. The van der Waals surface area contributed by atoms with Crippen LogP contribution in [0.2, 0.25) is 0 Å². The summed E-state index contributed by atoms with van der Waals surface area (Å²) in [5.41, 5.74) is 1.03. The van der Waals surface area contributed by atoms with Crippen molar-refractivity contribution in [1.29, 1.82) is 0 Å². The quantitative estimate of drug-likeness (QED) is 0.595. The summed E-state index contributed by atoms with van der Waals surface area (Å²) in [7, 11) is -4.30. The molecule has 2 rings (SSSR count). The highest BCUT2D eigenvalue weighted by molar-refractivity contribution is 7.86. The number of hydrogen-bond acceptors (Lipinski definition) is 4. The zero-order chi connectivity index (χ0) is 16.9. The van der Waals surface area contributed by atoms with Crippen molar-refractivity contribution in [2.45, 2.75) is 0 Å². The minimum atomic E-state index is -4.30. The van der Waals surface area contributed by atoms with E-state index in [-0.39, 0.29) is 13.2 Å². The Morgan fingerprint density at radius 1 is 1.22 bits per heavy atom. The smallest absolute Gasteiger partial charge is 0.274 e. The molecule has 2 N–H and O–H groups in total. The molecule has 0 heterocycles. The van der Waals surface area contributed by atoms with Crippen LogP contribution in [0.3, 0.4) is 0 Å². The van der Waals surface area contributed by atoms with E-state index in [9.17, 15) is 13.2 Å².